The lowest BCUT2D eigenvalue weighted by atomic mass is 9.92. The van der Waals surface area contributed by atoms with Crippen molar-refractivity contribution in [2.75, 3.05) is 33.3 Å². The number of fused-ring (bicyclic) bond motifs is 1. The molecule has 1 aliphatic carbocycles. The molecule has 23 heavy (non-hydrogen) atoms. The van der Waals surface area contributed by atoms with Gasteiger partial charge in [-0.1, -0.05) is 18.6 Å². The highest BCUT2D eigenvalue weighted by atomic mass is 16.5. The van der Waals surface area contributed by atoms with Crippen LogP contribution in [0.3, 0.4) is 0 Å². The number of benzene rings is 1. The lowest BCUT2D eigenvalue weighted by Crippen LogP contribution is -2.51. The minimum absolute atomic E-state index is 0.0680. The average molecular weight is 317 g/mol. The second-order valence-electron chi connectivity index (χ2n) is 6.62. The van der Waals surface area contributed by atoms with Crippen molar-refractivity contribution in [1.82, 2.24) is 10.2 Å². The molecule has 1 unspecified atom stereocenters. The SMILES string of the molecule is COc1cccc2c1CCC2(N)C(=O)NCCN1CCCCC1. The number of nitrogens with one attached hydrogen (secondary N) is 1. The number of hydrogen-bond donors (Lipinski definition) is 2. The lowest BCUT2D eigenvalue weighted by molar-refractivity contribution is -0.126. The number of carbonyl (C=O) groups excluding carboxylic acids is 1. The van der Waals surface area contributed by atoms with Gasteiger partial charge in [0.1, 0.15) is 11.3 Å². The van der Waals surface area contributed by atoms with Crippen LogP contribution >= 0.6 is 0 Å². The molecule has 0 aromatic heterocycles. The van der Waals surface area contributed by atoms with Crippen LogP contribution in [0.2, 0.25) is 0 Å². The van der Waals surface area contributed by atoms with Crippen LogP contribution < -0.4 is 15.8 Å². The molecule has 1 fully saturated rings. The molecule has 0 spiro atoms. The third kappa shape index (κ3) is 3.21. The molecule has 2 aliphatic rings. The first kappa shape index (κ1) is 16.3. The van der Waals surface area contributed by atoms with Crippen molar-refractivity contribution < 1.29 is 9.53 Å². The Morgan fingerprint density at radius 1 is 1.35 bits per heavy atom. The first-order valence-electron chi connectivity index (χ1n) is 8.61. The molecule has 1 aromatic rings. The van der Waals surface area contributed by atoms with Gasteiger partial charge in [-0.25, -0.2) is 0 Å². The van der Waals surface area contributed by atoms with Crippen LogP contribution in [0.25, 0.3) is 0 Å². The third-order valence-electron chi connectivity index (χ3n) is 5.17. The van der Waals surface area contributed by atoms with E-state index in [0.29, 0.717) is 13.0 Å². The maximum atomic E-state index is 12.7. The Balaban J connectivity index is 1.62. The van der Waals surface area contributed by atoms with Crippen LogP contribution in [0.5, 0.6) is 5.75 Å². The van der Waals surface area contributed by atoms with E-state index in [1.807, 2.05) is 18.2 Å². The van der Waals surface area contributed by atoms with Crippen LogP contribution in [0, 0.1) is 0 Å². The lowest BCUT2D eigenvalue weighted by Gasteiger charge is -2.28. The average Bonchev–Trinajstić information content (AvgIpc) is 2.94. The van der Waals surface area contributed by atoms with Gasteiger partial charge in [0.15, 0.2) is 0 Å². The summed E-state index contributed by atoms with van der Waals surface area (Å²) in [7, 11) is 1.66. The van der Waals surface area contributed by atoms with E-state index in [4.69, 9.17) is 10.5 Å². The van der Waals surface area contributed by atoms with Crippen molar-refractivity contribution in [2.45, 2.75) is 37.6 Å². The number of nitrogens with zero attached hydrogens (tertiary/aromatic N) is 1. The van der Waals surface area contributed by atoms with Gasteiger partial charge in [-0.2, -0.15) is 0 Å². The molecule has 5 heteroatoms. The Hall–Kier alpha value is -1.59. The molecular weight excluding hydrogens is 290 g/mol. The Kier molecular flexibility index (Phi) is 4.87. The van der Waals surface area contributed by atoms with Gasteiger partial charge in [-0.05, 0) is 56.0 Å². The molecule has 1 aromatic carbocycles. The fourth-order valence-electron chi connectivity index (χ4n) is 3.79. The molecule has 0 radical (unpaired) electrons. The standard InChI is InChI=1S/C18H27N3O2/c1-23-16-7-5-6-15-14(16)8-9-18(15,19)17(22)20-10-13-21-11-3-2-4-12-21/h5-7H,2-4,8-13,19H2,1H3,(H,20,22). The number of methoxy groups -OCH3 is 1. The Morgan fingerprint density at radius 3 is 2.87 bits per heavy atom. The number of rotatable bonds is 5. The predicted molar refractivity (Wildman–Crippen MR) is 90.5 cm³/mol. The number of amides is 1. The molecule has 1 amide bonds. The second-order valence-corrected chi connectivity index (χ2v) is 6.62. The van der Waals surface area contributed by atoms with Crippen LogP contribution in [0.4, 0.5) is 0 Å². The Labute approximate surface area is 138 Å². The topological polar surface area (TPSA) is 67.6 Å². The van der Waals surface area contributed by atoms with Gasteiger partial charge in [0.25, 0.3) is 0 Å². The quantitative estimate of drug-likeness (QED) is 0.861. The van der Waals surface area contributed by atoms with Gasteiger partial charge in [0.05, 0.1) is 7.11 Å². The van der Waals surface area contributed by atoms with Gasteiger partial charge in [-0.15, -0.1) is 0 Å². The number of piperidine rings is 1. The van der Waals surface area contributed by atoms with Gasteiger partial charge in [0.2, 0.25) is 5.91 Å². The Morgan fingerprint density at radius 2 is 2.13 bits per heavy atom. The zero-order chi connectivity index (χ0) is 16.3. The maximum absolute atomic E-state index is 12.7. The summed E-state index contributed by atoms with van der Waals surface area (Å²) < 4.78 is 5.40. The van der Waals surface area contributed by atoms with Crippen LogP contribution in [0.15, 0.2) is 18.2 Å². The fourth-order valence-corrected chi connectivity index (χ4v) is 3.79. The summed E-state index contributed by atoms with van der Waals surface area (Å²) in [6.07, 6.45) is 5.28. The van der Waals surface area contributed by atoms with Gasteiger partial charge < -0.3 is 20.7 Å². The van der Waals surface area contributed by atoms with Gasteiger partial charge >= 0.3 is 0 Å². The largest absolute Gasteiger partial charge is 0.496 e. The van der Waals surface area contributed by atoms with Crippen LogP contribution in [-0.4, -0.2) is 44.1 Å². The first-order chi connectivity index (χ1) is 11.1. The number of carbonyl (C=O) groups is 1. The van der Waals surface area contributed by atoms with Crippen LogP contribution in [0.1, 0.15) is 36.8 Å². The second kappa shape index (κ2) is 6.89. The third-order valence-corrected chi connectivity index (χ3v) is 5.17. The van der Waals surface area contributed by atoms with Gasteiger partial charge in [-0.3, -0.25) is 4.79 Å². The monoisotopic (exact) mass is 317 g/mol. The zero-order valence-corrected chi connectivity index (χ0v) is 13.9. The van der Waals surface area contributed by atoms with Crippen molar-refractivity contribution in [3.8, 4) is 5.75 Å². The molecule has 3 N–H and O–H groups in total. The summed E-state index contributed by atoms with van der Waals surface area (Å²) in [5.41, 5.74) is 7.53. The summed E-state index contributed by atoms with van der Waals surface area (Å²) in [6, 6.07) is 5.79. The smallest absolute Gasteiger partial charge is 0.244 e. The van der Waals surface area contributed by atoms with Crippen molar-refractivity contribution in [1.29, 1.82) is 0 Å². The summed E-state index contributed by atoms with van der Waals surface area (Å²) in [5, 5.41) is 3.04. The molecule has 3 rings (SSSR count). The van der Waals surface area contributed by atoms with Crippen molar-refractivity contribution in [2.24, 2.45) is 5.73 Å². The minimum Gasteiger partial charge on any atom is -0.496 e. The van der Waals surface area contributed by atoms with Crippen LogP contribution in [-0.2, 0) is 16.8 Å². The number of hydrogen-bond acceptors (Lipinski definition) is 4. The van der Waals surface area contributed by atoms with Crippen molar-refractivity contribution in [3.05, 3.63) is 29.3 Å². The summed E-state index contributed by atoms with van der Waals surface area (Å²) in [4.78, 5) is 15.1. The van der Waals surface area contributed by atoms with E-state index in [1.165, 1.54) is 19.3 Å². The fraction of sp³-hybridized carbons (Fsp3) is 0.611. The van der Waals surface area contributed by atoms with Gasteiger partial charge in [0, 0.05) is 13.1 Å². The number of likely N-dealkylation sites (tertiary alicyclic amines) is 1. The molecule has 126 valence electrons. The number of ether oxygens (including phenoxy) is 1. The van der Waals surface area contributed by atoms with E-state index in [9.17, 15) is 4.79 Å². The maximum Gasteiger partial charge on any atom is 0.244 e. The highest BCUT2D eigenvalue weighted by Gasteiger charge is 2.42. The normalized spacial score (nSPS) is 24.3. The first-order valence-corrected chi connectivity index (χ1v) is 8.61. The Bertz CT molecular complexity index is 569. The zero-order valence-electron chi connectivity index (χ0n) is 13.9. The van der Waals surface area contributed by atoms with E-state index in [1.54, 1.807) is 7.11 Å². The van der Waals surface area contributed by atoms with Crippen molar-refractivity contribution >= 4 is 5.91 Å². The predicted octanol–water partition coefficient (Wildman–Crippen LogP) is 1.40. The minimum atomic E-state index is -0.925. The van der Waals surface area contributed by atoms with E-state index < -0.39 is 5.54 Å². The molecule has 1 aliphatic heterocycles. The molecule has 5 nitrogen and oxygen atoms in total. The molecule has 1 heterocycles. The van der Waals surface area contributed by atoms with E-state index in [-0.39, 0.29) is 5.91 Å². The molecule has 1 atom stereocenters. The summed E-state index contributed by atoms with van der Waals surface area (Å²) >= 11 is 0. The van der Waals surface area contributed by atoms with E-state index in [2.05, 4.69) is 10.2 Å². The molecule has 1 saturated heterocycles. The highest BCUT2D eigenvalue weighted by Crippen LogP contribution is 2.39. The molecular formula is C18H27N3O2. The molecule has 0 bridgehead atoms. The summed E-state index contributed by atoms with van der Waals surface area (Å²) in [5.74, 6) is 0.762. The van der Waals surface area contributed by atoms with E-state index in [0.717, 1.165) is 42.9 Å². The highest BCUT2D eigenvalue weighted by molar-refractivity contribution is 5.89. The summed E-state index contributed by atoms with van der Waals surface area (Å²) in [6.45, 7) is 3.86. The van der Waals surface area contributed by atoms with Crippen molar-refractivity contribution in [3.63, 3.8) is 0 Å². The molecule has 0 saturated carbocycles. The van der Waals surface area contributed by atoms with E-state index >= 15 is 0 Å². The number of nitrogens with two attached hydrogens (primary N) is 1.